The van der Waals surface area contributed by atoms with Crippen LogP contribution in [0.25, 0.3) is 0 Å². The molecule has 2 aliphatic rings. The van der Waals surface area contributed by atoms with Crippen LogP contribution in [0.2, 0.25) is 5.02 Å². The lowest BCUT2D eigenvalue weighted by molar-refractivity contribution is -0.143. The van der Waals surface area contributed by atoms with Crippen molar-refractivity contribution >= 4 is 23.3 Å². The Labute approximate surface area is 141 Å². The Morgan fingerprint density at radius 3 is 3.04 bits per heavy atom. The summed E-state index contributed by atoms with van der Waals surface area (Å²) in [5.74, 6) is -0.470. The van der Waals surface area contributed by atoms with E-state index in [1.54, 1.807) is 13.2 Å². The van der Waals surface area contributed by atoms with Crippen LogP contribution >= 0.6 is 11.6 Å². The molecule has 126 valence electrons. The summed E-state index contributed by atoms with van der Waals surface area (Å²) in [7, 11) is 1.71. The summed E-state index contributed by atoms with van der Waals surface area (Å²) in [5.41, 5.74) is 0.846. The Hall–Kier alpha value is -1.30. The maximum atomic E-state index is 12.1. The van der Waals surface area contributed by atoms with Gasteiger partial charge in [-0.05, 0) is 42.6 Å². The summed E-state index contributed by atoms with van der Waals surface area (Å²) in [6.45, 7) is 4.97. The van der Waals surface area contributed by atoms with Gasteiger partial charge in [0.1, 0.15) is 0 Å². The normalized spacial score (nSPS) is 30.2. The average Bonchev–Trinajstić information content (AvgIpc) is 3.05. The number of methoxy groups -OCH3 is 1. The molecule has 0 radical (unpaired) electrons. The number of halogens is 1. The number of carbonyl (C=O) groups is 1. The van der Waals surface area contributed by atoms with Crippen LogP contribution in [-0.4, -0.2) is 54.9 Å². The van der Waals surface area contributed by atoms with Crippen LogP contribution in [-0.2, 0) is 9.53 Å². The second-order valence-corrected chi connectivity index (χ2v) is 7.14. The van der Waals surface area contributed by atoms with Crippen LogP contribution in [0, 0.1) is 5.92 Å². The third kappa shape index (κ3) is 2.93. The molecule has 0 amide bonds. The predicted octanol–water partition coefficient (Wildman–Crippen LogP) is 2.66. The molecular formula is C17H23ClN2O3. The maximum Gasteiger partial charge on any atom is 0.331 e. The molecule has 1 aromatic carbocycles. The van der Waals surface area contributed by atoms with Crippen molar-refractivity contribution in [3.63, 3.8) is 0 Å². The van der Waals surface area contributed by atoms with E-state index in [9.17, 15) is 9.90 Å². The number of likely N-dealkylation sites (tertiary alicyclic amines) is 1. The second-order valence-electron chi connectivity index (χ2n) is 6.70. The van der Waals surface area contributed by atoms with Gasteiger partial charge in [-0.1, -0.05) is 18.5 Å². The topological polar surface area (TPSA) is 61.8 Å². The second kappa shape index (κ2) is 6.30. The van der Waals surface area contributed by atoms with Gasteiger partial charge in [0.05, 0.1) is 6.61 Å². The van der Waals surface area contributed by atoms with Crippen LogP contribution in [0.15, 0.2) is 18.2 Å². The van der Waals surface area contributed by atoms with Crippen LogP contribution in [0.3, 0.4) is 0 Å². The van der Waals surface area contributed by atoms with Gasteiger partial charge in [0, 0.05) is 36.8 Å². The van der Waals surface area contributed by atoms with Gasteiger partial charge in [-0.15, -0.1) is 0 Å². The fourth-order valence-electron chi connectivity index (χ4n) is 3.88. The van der Waals surface area contributed by atoms with E-state index in [0.717, 1.165) is 37.4 Å². The van der Waals surface area contributed by atoms with Gasteiger partial charge in [0.15, 0.2) is 5.54 Å². The Balaban J connectivity index is 1.81. The third-order valence-corrected chi connectivity index (χ3v) is 5.44. The fraction of sp³-hybridized carbons (Fsp3) is 0.588. The van der Waals surface area contributed by atoms with Crippen molar-refractivity contribution in [2.45, 2.75) is 24.8 Å². The summed E-state index contributed by atoms with van der Waals surface area (Å²) in [6.07, 6.45) is 1.05. The van der Waals surface area contributed by atoms with E-state index in [1.807, 2.05) is 19.1 Å². The number of carboxylic acids is 1. The first-order valence-electron chi connectivity index (χ1n) is 7.98. The molecular weight excluding hydrogens is 316 g/mol. The Morgan fingerprint density at radius 1 is 1.57 bits per heavy atom. The van der Waals surface area contributed by atoms with E-state index in [1.165, 1.54) is 0 Å². The number of carboxylic acid groups (broad SMARTS) is 1. The maximum absolute atomic E-state index is 12.1. The van der Waals surface area contributed by atoms with Crippen molar-refractivity contribution in [3.8, 4) is 0 Å². The molecule has 3 rings (SSSR count). The molecule has 23 heavy (non-hydrogen) atoms. The highest BCUT2D eigenvalue weighted by molar-refractivity contribution is 6.30. The molecule has 2 N–H and O–H groups in total. The van der Waals surface area contributed by atoms with Gasteiger partial charge >= 0.3 is 5.97 Å². The number of nitrogens with one attached hydrogen (secondary N) is 1. The SMILES string of the molecule is COCC1CCN(CC2(C(=O)O)Nc3ccc(Cl)cc3C2C)C1. The largest absolute Gasteiger partial charge is 0.479 e. The van der Waals surface area contributed by atoms with Crippen molar-refractivity contribution in [1.82, 2.24) is 4.90 Å². The highest BCUT2D eigenvalue weighted by atomic mass is 35.5. The van der Waals surface area contributed by atoms with Crippen LogP contribution < -0.4 is 5.32 Å². The molecule has 1 aromatic rings. The van der Waals surface area contributed by atoms with Gasteiger partial charge in [-0.25, -0.2) is 4.79 Å². The number of ether oxygens (including phenoxy) is 1. The molecule has 1 saturated heterocycles. The number of hydrogen-bond acceptors (Lipinski definition) is 4. The van der Waals surface area contributed by atoms with Crippen molar-refractivity contribution in [2.24, 2.45) is 5.92 Å². The molecule has 0 aliphatic carbocycles. The number of aliphatic carboxylic acids is 1. The predicted molar refractivity (Wildman–Crippen MR) is 90.3 cm³/mol. The molecule has 0 spiro atoms. The average molecular weight is 339 g/mol. The molecule has 0 aromatic heterocycles. The first-order chi connectivity index (χ1) is 11.0. The number of hydrogen-bond donors (Lipinski definition) is 2. The molecule has 1 fully saturated rings. The molecule has 2 aliphatic heterocycles. The molecule has 3 unspecified atom stereocenters. The van der Waals surface area contributed by atoms with Gasteiger partial charge in [0.2, 0.25) is 0 Å². The van der Waals surface area contributed by atoms with Crippen LogP contribution in [0.1, 0.15) is 24.8 Å². The van der Waals surface area contributed by atoms with Crippen LogP contribution in [0.5, 0.6) is 0 Å². The van der Waals surface area contributed by atoms with E-state index in [0.29, 0.717) is 17.5 Å². The molecule has 0 bridgehead atoms. The van der Waals surface area contributed by atoms with E-state index in [2.05, 4.69) is 10.2 Å². The summed E-state index contributed by atoms with van der Waals surface area (Å²) < 4.78 is 5.23. The first-order valence-corrected chi connectivity index (χ1v) is 8.36. The molecule has 6 heteroatoms. The number of nitrogens with zero attached hydrogens (tertiary/aromatic N) is 1. The van der Waals surface area contributed by atoms with Crippen LogP contribution in [0.4, 0.5) is 5.69 Å². The first kappa shape index (κ1) is 16.6. The molecule has 2 heterocycles. The van der Waals surface area contributed by atoms with Crippen molar-refractivity contribution in [3.05, 3.63) is 28.8 Å². The Morgan fingerprint density at radius 2 is 2.35 bits per heavy atom. The van der Waals surface area contributed by atoms with Gasteiger partial charge in [0.25, 0.3) is 0 Å². The summed E-state index contributed by atoms with van der Waals surface area (Å²) >= 11 is 6.09. The number of rotatable bonds is 5. The van der Waals surface area contributed by atoms with Gasteiger partial charge < -0.3 is 15.2 Å². The van der Waals surface area contributed by atoms with Crippen molar-refractivity contribution in [2.75, 3.05) is 38.7 Å². The fourth-order valence-corrected chi connectivity index (χ4v) is 4.06. The van der Waals surface area contributed by atoms with E-state index in [4.69, 9.17) is 16.3 Å². The lowest BCUT2D eigenvalue weighted by atomic mass is 9.83. The highest BCUT2D eigenvalue weighted by Gasteiger charge is 2.51. The molecule has 0 saturated carbocycles. The zero-order chi connectivity index (χ0) is 16.6. The van der Waals surface area contributed by atoms with E-state index >= 15 is 0 Å². The smallest absolute Gasteiger partial charge is 0.331 e. The summed E-state index contributed by atoms with van der Waals surface area (Å²) in [6, 6.07) is 5.54. The van der Waals surface area contributed by atoms with Gasteiger partial charge in [-0.3, -0.25) is 4.90 Å². The number of benzene rings is 1. The zero-order valence-corrected chi connectivity index (χ0v) is 14.3. The standard InChI is InChI=1S/C17H23ClN2O3/c1-11-14-7-13(18)3-4-15(14)19-17(11,16(21)22)10-20-6-5-12(8-20)9-23-2/h3-4,7,11-12,19H,5-6,8-10H2,1-2H3,(H,21,22). The van der Waals surface area contributed by atoms with Crippen molar-refractivity contribution < 1.29 is 14.6 Å². The third-order valence-electron chi connectivity index (χ3n) is 5.20. The zero-order valence-electron chi connectivity index (χ0n) is 13.5. The monoisotopic (exact) mass is 338 g/mol. The summed E-state index contributed by atoms with van der Waals surface area (Å²) in [4.78, 5) is 14.4. The quantitative estimate of drug-likeness (QED) is 0.864. The highest BCUT2D eigenvalue weighted by Crippen LogP contribution is 2.44. The Bertz CT molecular complexity index is 610. The van der Waals surface area contributed by atoms with Crippen molar-refractivity contribution in [1.29, 1.82) is 0 Å². The lowest BCUT2D eigenvalue weighted by Crippen LogP contribution is -2.55. The molecule has 3 atom stereocenters. The minimum Gasteiger partial charge on any atom is -0.479 e. The minimum atomic E-state index is -1.00. The molecule has 5 nitrogen and oxygen atoms in total. The Kier molecular flexibility index (Phi) is 4.54. The van der Waals surface area contributed by atoms with E-state index < -0.39 is 11.5 Å². The number of fused-ring (bicyclic) bond motifs is 1. The van der Waals surface area contributed by atoms with Gasteiger partial charge in [-0.2, -0.15) is 0 Å². The van der Waals surface area contributed by atoms with E-state index in [-0.39, 0.29) is 5.92 Å². The number of anilines is 1. The minimum absolute atomic E-state index is 0.143. The lowest BCUT2D eigenvalue weighted by Gasteiger charge is -2.34. The summed E-state index contributed by atoms with van der Waals surface area (Å²) in [5, 5.41) is 13.9.